The van der Waals surface area contributed by atoms with Crippen LogP contribution in [0.1, 0.15) is 27.5 Å². The van der Waals surface area contributed by atoms with Crippen molar-refractivity contribution in [3.63, 3.8) is 0 Å². The van der Waals surface area contributed by atoms with Gasteiger partial charge >= 0.3 is 6.18 Å². The third kappa shape index (κ3) is 3.32. The Morgan fingerprint density at radius 2 is 2.00 bits per heavy atom. The average Bonchev–Trinajstić information content (AvgIpc) is 3.24. The van der Waals surface area contributed by atoms with Crippen molar-refractivity contribution in [2.45, 2.75) is 20.0 Å². The van der Waals surface area contributed by atoms with Crippen LogP contribution in [0.2, 0.25) is 0 Å². The first-order chi connectivity index (χ1) is 12.3. The molecule has 0 aliphatic carbocycles. The molecule has 26 heavy (non-hydrogen) atoms. The second-order valence-electron chi connectivity index (χ2n) is 5.52. The molecule has 0 bridgehead atoms. The summed E-state index contributed by atoms with van der Waals surface area (Å²) in [7, 11) is 0. The van der Waals surface area contributed by atoms with E-state index < -0.39 is 12.0 Å². The fraction of sp³-hybridized carbons (Fsp3) is 0.333. The summed E-state index contributed by atoms with van der Waals surface area (Å²) in [5.41, 5.74) is 1.23. The fourth-order valence-corrected chi connectivity index (χ4v) is 2.33. The second-order valence-corrected chi connectivity index (χ2v) is 5.52. The number of aryl methyl sites for hydroxylation is 1. The minimum atomic E-state index is -4.66. The van der Waals surface area contributed by atoms with Gasteiger partial charge in [-0.1, -0.05) is 0 Å². The normalized spacial score (nSPS) is 11.7. The maximum absolute atomic E-state index is 13.0. The van der Waals surface area contributed by atoms with Gasteiger partial charge in [0, 0.05) is 18.7 Å². The molecule has 0 radical (unpaired) electrons. The number of carbonyl (C=O) groups is 1. The number of fused-ring (bicyclic) bond motifs is 1. The van der Waals surface area contributed by atoms with Gasteiger partial charge < -0.3 is 15.1 Å². The molecule has 0 fully saturated rings. The maximum Gasteiger partial charge on any atom is 0.453 e. The summed E-state index contributed by atoms with van der Waals surface area (Å²) in [5, 5.41) is 16.3. The molecule has 0 saturated carbocycles. The number of carbonyl (C=O) groups excluding carboxylic acids is 1. The van der Waals surface area contributed by atoms with Gasteiger partial charge in [-0.05, 0) is 31.5 Å². The van der Waals surface area contributed by atoms with Crippen molar-refractivity contribution in [1.82, 2.24) is 25.1 Å². The Kier molecular flexibility index (Phi) is 4.53. The topological polar surface area (TPSA) is 97.3 Å². The van der Waals surface area contributed by atoms with Gasteiger partial charge in [-0.25, -0.2) is 0 Å². The highest BCUT2D eigenvalue weighted by Gasteiger charge is 2.38. The molecule has 0 saturated heterocycles. The monoisotopic (exact) mass is 368 g/mol. The summed E-state index contributed by atoms with van der Waals surface area (Å²) in [6.45, 7) is 3.85. The molecule has 0 spiro atoms. The second kappa shape index (κ2) is 6.65. The Morgan fingerprint density at radius 1 is 1.23 bits per heavy atom. The van der Waals surface area contributed by atoms with Crippen LogP contribution in [0.25, 0.3) is 5.65 Å². The quantitative estimate of drug-likeness (QED) is 0.670. The Hall–Kier alpha value is -3.11. The number of furan rings is 1. The van der Waals surface area contributed by atoms with Gasteiger partial charge in [0.05, 0.1) is 6.26 Å². The fourth-order valence-electron chi connectivity index (χ4n) is 2.33. The number of hydrogen-bond donors (Lipinski definition) is 2. The SMILES string of the molecule is Cc1c(NCCNC(=O)c2ccco2)nn2c(C(F)(F)F)nnc2c1C. The molecule has 2 N–H and O–H groups in total. The molecule has 0 unspecified atom stereocenters. The van der Waals surface area contributed by atoms with E-state index in [1.54, 1.807) is 19.9 Å². The Bertz CT molecular complexity index is 933. The van der Waals surface area contributed by atoms with E-state index in [1.165, 1.54) is 12.3 Å². The molecule has 0 aromatic carbocycles. The van der Waals surface area contributed by atoms with Crippen molar-refractivity contribution >= 4 is 17.4 Å². The number of aromatic nitrogens is 4. The maximum atomic E-state index is 13.0. The third-order valence-corrected chi connectivity index (χ3v) is 3.80. The Balaban J connectivity index is 1.73. The zero-order valence-electron chi connectivity index (χ0n) is 13.9. The van der Waals surface area contributed by atoms with Gasteiger partial charge in [-0.3, -0.25) is 4.79 Å². The lowest BCUT2D eigenvalue weighted by molar-refractivity contribution is -0.146. The lowest BCUT2D eigenvalue weighted by atomic mass is 10.2. The van der Waals surface area contributed by atoms with Gasteiger partial charge in [0.1, 0.15) is 5.82 Å². The number of anilines is 1. The zero-order chi connectivity index (χ0) is 18.9. The van der Waals surface area contributed by atoms with Crippen LogP contribution in [-0.2, 0) is 6.18 Å². The van der Waals surface area contributed by atoms with E-state index in [0.717, 1.165) is 0 Å². The summed E-state index contributed by atoms with van der Waals surface area (Å²) >= 11 is 0. The molecule has 8 nitrogen and oxygen atoms in total. The van der Waals surface area contributed by atoms with Gasteiger partial charge in [0.2, 0.25) is 0 Å². The summed E-state index contributed by atoms with van der Waals surface area (Å²) in [4.78, 5) is 11.7. The van der Waals surface area contributed by atoms with E-state index in [4.69, 9.17) is 4.42 Å². The predicted octanol–water partition coefficient (Wildman–Crippen LogP) is 2.19. The predicted molar refractivity (Wildman–Crippen MR) is 84.8 cm³/mol. The lowest BCUT2D eigenvalue weighted by Crippen LogP contribution is -2.29. The molecule has 0 atom stereocenters. The number of rotatable bonds is 5. The smallest absolute Gasteiger partial charge is 0.453 e. The number of hydrogen-bond acceptors (Lipinski definition) is 6. The van der Waals surface area contributed by atoms with Crippen LogP contribution in [0.15, 0.2) is 22.8 Å². The standard InChI is InChI=1S/C15H15F3N6O2/c1-8-9(2)12-21-22-14(15(16,17)18)24(12)23-11(8)19-5-6-20-13(25)10-4-3-7-26-10/h3-4,7H,5-6H2,1-2H3,(H,19,23)(H,20,25). The highest BCUT2D eigenvalue weighted by Crippen LogP contribution is 2.29. The molecule has 3 rings (SSSR count). The van der Waals surface area contributed by atoms with Crippen LogP contribution in [0.3, 0.4) is 0 Å². The summed E-state index contributed by atoms with van der Waals surface area (Å²) in [5.74, 6) is -1.14. The number of alkyl halides is 3. The van der Waals surface area contributed by atoms with Gasteiger partial charge in [-0.2, -0.15) is 17.7 Å². The van der Waals surface area contributed by atoms with Crippen molar-refractivity contribution in [3.8, 4) is 0 Å². The van der Waals surface area contributed by atoms with Crippen LogP contribution in [0.4, 0.5) is 19.0 Å². The van der Waals surface area contributed by atoms with Crippen LogP contribution in [0, 0.1) is 13.8 Å². The molecule has 138 valence electrons. The number of halogens is 3. The van der Waals surface area contributed by atoms with E-state index in [2.05, 4.69) is 25.9 Å². The lowest BCUT2D eigenvalue weighted by Gasteiger charge is -2.12. The highest BCUT2D eigenvalue weighted by atomic mass is 19.4. The van der Waals surface area contributed by atoms with Crippen LogP contribution < -0.4 is 10.6 Å². The summed E-state index contributed by atoms with van der Waals surface area (Å²) in [6, 6.07) is 3.12. The highest BCUT2D eigenvalue weighted by molar-refractivity contribution is 5.91. The van der Waals surface area contributed by atoms with Gasteiger partial charge in [0.25, 0.3) is 11.7 Å². The van der Waals surface area contributed by atoms with Crippen LogP contribution >= 0.6 is 0 Å². The minimum absolute atomic E-state index is 0.0477. The van der Waals surface area contributed by atoms with E-state index in [1.807, 2.05) is 0 Å². The first-order valence-corrected chi connectivity index (χ1v) is 7.64. The van der Waals surface area contributed by atoms with Crippen molar-refractivity contribution in [2.24, 2.45) is 0 Å². The molecule has 3 aromatic heterocycles. The van der Waals surface area contributed by atoms with Gasteiger partial charge in [0.15, 0.2) is 11.4 Å². The van der Waals surface area contributed by atoms with Crippen molar-refractivity contribution < 1.29 is 22.4 Å². The average molecular weight is 368 g/mol. The molecule has 11 heteroatoms. The zero-order valence-corrected chi connectivity index (χ0v) is 13.9. The molecular formula is C15H15F3N6O2. The minimum Gasteiger partial charge on any atom is -0.459 e. The van der Waals surface area contributed by atoms with Gasteiger partial charge in [-0.15, -0.1) is 15.3 Å². The van der Waals surface area contributed by atoms with E-state index in [-0.39, 0.29) is 36.2 Å². The Morgan fingerprint density at radius 3 is 2.65 bits per heavy atom. The summed E-state index contributed by atoms with van der Waals surface area (Å²) < 4.78 is 44.6. The molecular weight excluding hydrogens is 353 g/mol. The Labute approximate surface area is 145 Å². The molecule has 1 amide bonds. The van der Waals surface area contributed by atoms with Crippen LogP contribution in [-0.4, -0.2) is 38.8 Å². The van der Waals surface area contributed by atoms with Crippen molar-refractivity contribution in [1.29, 1.82) is 0 Å². The number of nitrogens with zero attached hydrogens (tertiary/aromatic N) is 4. The molecule has 0 aliphatic rings. The first kappa shape index (κ1) is 17.7. The molecule has 0 aliphatic heterocycles. The molecule has 3 aromatic rings. The van der Waals surface area contributed by atoms with E-state index in [0.29, 0.717) is 15.6 Å². The van der Waals surface area contributed by atoms with E-state index >= 15 is 0 Å². The van der Waals surface area contributed by atoms with Crippen molar-refractivity contribution in [2.75, 3.05) is 18.4 Å². The summed E-state index contributed by atoms with van der Waals surface area (Å²) in [6.07, 6.45) is -3.28. The molecule has 3 heterocycles. The van der Waals surface area contributed by atoms with E-state index in [9.17, 15) is 18.0 Å². The first-order valence-electron chi connectivity index (χ1n) is 7.64. The number of nitrogens with one attached hydrogen (secondary N) is 2. The van der Waals surface area contributed by atoms with Crippen molar-refractivity contribution in [3.05, 3.63) is 41.1 Å². The van der Waals surface area contributed by atoms with Crippen LogP contribution in [0.5, 0.6) is 0 Å². The largest absolute Gasteiger partial charge is 0.459 e. The number of amides is 1. The third-order valence-electron chi connectivity index (χ3n) is 3.80.